The fourth-order valence-corrected chi connectivity index (χ4v) is 4.62. The van der Waals surface area contributed by atoms with Gasteiger partial charge in [-0.1, -0.05) is 54.4 Å². The van der Waals surface area contributed by atoms with Crippen LogP contribution in [-0.4, -0.2) is 51.0 Å². The van der Waals surface area contributed by atoms with E-state index in [1.54, 1.807) is 56.3 Å². The average Bonchev–Trinajstić information content (AvgIpc) is 2.74. The molecular weight excluding hydrogens is 473 g/mol. The minimum atomic E-state index is -3.82. The van der Waals surface area contributed by atoms with E-state index >= 15 is 0 Å². The van der Waals surface area contributed by atoms with Gasteiger partial charge in [0.1, 0.15) is 12.6 Å². The fraction of sp³-hybridized carbons (Fsp3) is 0.364. The Hall–Kier alpha value is -2.29. The van der Waals surface area contributed by atoms with Crippen molar-refractivity contribution in [3.05, 3.63) is 63.6 Å². The number of carbonyl (C=O) groups excluding carboxylic acids is 2. The molecule has 1 atom stereocenters. The van der Waals surface area contributed by atoms with Crippen molar-refractivity contribution < 1.29 is 18.0 Å². The first-order valence-electron chi connectivity index (χ1n) is 9.98. The van der Waals surface area contributed by atoms with E-state index < -0.39 is 28.5 Å². The van der Waals surface area contributed by atoms with Gasteiger partial charge >= 0.3 is 0 Å². The normalized spacial score (nSPS) is 12.2. The molecule has 0 aliphatic rings. The van der Waals surface area contributed by atoms with Gasteiger partial charge in [-0.15, -0.1) is 0 Å². The number of likely N-dealkylation sites (N-methyl/N-ethyl adjacent to an activating group) is 1. The molecular formula is C22H27Cl2N3O4S. The third-order valence-corrected chi connectivity index (χ3v) is 7.02. The highest BCUT2D eigenvalue weighted by Crippen LogP contribution is 2.29. The number of nitrogens with zero attached hydrogens (tertiary/aromatic N) is 2. The van der Waals surface area contributed by atoms with E-state index in [0.29, 0.717) is 33.3 Å². The highest BCUT2D eigenvalue weighted by molar-refractivity contribution is 7.92. The first-order valence-corrected chi connectivity index (χ1v) is 12.6. The summed E-state index contributed by atoms with van der Waals surface area (Å²) in [7, 11) is -2.34. The lowest BCUT2D eigenvalue weighted by atomic mass is 10.1. The number of anilines is 1. The predicted octanol–water partition coefficient (Wildman–Crippen LogP) is 3.62. The molecule has 32 heavy (non-hydrogen) atoms. The highest BCUT2D eigenvalue weighted by atomic mass is 35.5. The van der Waals surface area contributed by atoms with Crippen LogP contribution in [-0.2, 0) is 26.2 Å². The summed E-state index contributed by atoms with van der Waals surface area (Å²) < 4.78 is 26.2. The molecule has 1 N–H and O–H groups in total. The van der Waals surface area contributed by atoms with Crippen LogP contribution in [0.3, 0.4) is 0 Å². The van der Waals surface area contributed by atoms with E-state index in [0.717, 1.165) is 10.6 Å². The number of nitrogens with one attached hydrogen (secondary N) is 1. The SMILES string of the molecule is CCC(C(=O)NC)N(Cc1ccccc1Cl)C(=O)CN(c1cccc(Cl)c1C)S(C)(=O)=O. The van der Waals surface area contributed by atoms with Crippen molar-refractivity contribution in [3.8, 4) is 0 Å². The Morgan fingerprint density at radius 3 is 2.25 bits per heavy atom. The van der Waals surface area contributed by atoms with Gasteiger partial charge in [0.2, 0.25) is 21.8 Å². The van der Waals surface area contributed by atoms with E-state index in [-0.39, 0.29) is 12.5 Å². The van der Waals surface area contributed by atoms with Crippen LogP contribution in [0, 0.1) is 6.92 Å². The second kappa shape index (κ2) is 11.0. The number of halogens is 2. The van der Waals surface area contributed by atoms with Crippen LogP contribution in [0.5, 0.6) is 0 Å². The number of sulfonamides is 1. The van der Waals surface area contributed by atoms with Crippen LogP contribution in [0.2, 0.25) is 10.0 Å². The van der Waals surface area contributed by atoms with Crippen molar-refractivity contribution in [3.63, 3.8) is 0 Å². The molecule has 7 nitrogen and oxygen atoms in total. The summed E-state index contributed by atoms with van der Waals surface area (Å²) in [5.74, 6) is -0.886. The Morgan fingerprint density at radius 2 is 1.69 bits per heavy atom. The molecule has 2 aromatic carbocycles. The first-order chi connectivity index (χ1) is 15.0. The standard InChI is InChI=1S/C22H27Cl2N3O4S/c1-5-19(22(29)25-3)26(13-16-9-6-7-10-18(16)24)21(28)14-27(32(4,30)31)20-12-8-11-17(23)15(20)2/h6-12,19H,5,13-14H2,1-4H3,(H,25,29). The molecule has 0 aliphatic carbocycles. The van der Waals surface area contributed by atoms with Crippen LogP contribution in [0.25, 0.3) is 0 Å². The van der Waals surface area contributed by atoms with Gasteiger partial charge in [0.25, 0.3) is 0 Å². The van der Waals surface area contributed by atoms with E-state index in [2.05, 4.69) is 5.32 Å². The van der Waals surface area contributed by atoms with Gasteiger partial charge in [-0.2, -0.15) is 0 Å². The number of rotatable bonds is 9. The number of hydrogen-bond donors (Lipinski definition) is 1. The van der Waals surface area contributed by atoms with Crippen LogP contribution >= 0.6 is 23.2 Å². The zero-order valence-electron chi connectivity index (χ0n) is 18.4. The van der Waals surface area contributed by atoms with E-state index in [1.807, 2.05) is 0 Å². The molecule has 0 saturated heterocycles. The lowest BCUT2D eigenvalue weighted by molar-refractivity contribution is -0.140. The predicted molar refractivity (Wildman–Crippen MR) is 129 cm³/mol. The zero-order valence-corrected chi connectivity index (χ0v) is 20.8. The largest absolute Gasteiger partial charge is 0.357 e. The maximum Gasteiger partial charge on any atom is 0.244 e. The summed E-state index contributed by atoms with van der Waals surface area (Å²) in [4.78, 5) is 27.4. The quantitative estimate of drug-likeness (QED) is 0.570. The number of hydrogen-bond acceptors (Lipinski definition) is 4. The summed E-state index contributed by atoms with van der Waals surface area (Å²) >= 11 is 12.5. The first kappa shape index (κ1) is 26.0. The Kier molecular flexibility index (Phi) is 8.95. The average molecular weight is 500 g/mol. The molecule has 10 heteroatoms. The molecule has 0 heterocycles. The van der Waals surface area contributed by atoms with Crippen LogP contribution in [0.1, 0.15) is 24.5 Å². The Bertz CT molecular complexity index is 1090. The molecule has 2 amide bonds. The van der Waals surface area contributed by atoms with Gasteiger partial charge in [-0.25, -0.2) is 8.42 Å². The summed E-state index contributed by atoms with van der Waals surface area (Å²) in [6.07, 6.45) is 1.36. The van der Waals surface area contributed by atoms with Crippen molar-refractivity contribution >= 4 is 50.7 Å². The van der Waals surface area contributed by atoms with Gasteiger partial charge < -0.3 is 10.2 Å². The van der Waals surface area contributed by atoms with E-state index in [4.69, 9.17) is 23.2 Å². The Labute approximate surface area is 199 Å². The minimum absolute atomic E-state index is 0.0521. The Morgan fingerprint density at radius 1 is 1.06 bits per heavy atom. The minimum Gasteiger partial charge on any atom is -0.357 e. The third kappa shape index (κ3) is 6.15. The summed E-state index contributed by atoms with van der Waals surface area (Å²) in [6, 6.07) is 11.0. The lowest BCUT2D eigenvalue weighted by Crippen LogP contribution is -2.51. The maximum atomic E-state index is 13.5. The van der Waals surface area contributed by atoms with Gasteiger partial charge in [0.05, 0.1) is 11.9 Å². The summed E-state index contributed by atoms with van der Waals surface area (Å²) in [5.41, 5.74) is 1.48. The van der Waals surface area contributed by atoms with Crippen molar-refractivity contribution in [2.75, 3.05) is 24.2 Å². The molecule has 0 fully saturated rings. The smallest absolute Gasteiger partial charge is 0.244 e. The monoisotopic (exact) mass is 499 g/mol. The van der Waals surface area contributed by atoms with E-state index in [9.17, 15) is 18.0 Å². The lowest BCUT2D eigenvalue weighted by Gasteiger charge is -2.33. The van der Waals surface area contributed by atoms with Crippen LogP contribution in [0.15, 0.2) is 42.5 Å². The summed E-state index contributed by atoms with van der Waals surface area (Å²) in [5, 5.41) is 3.40. The second-order valence-electron chi connectivity index (χ2n) is 7.30. The van der Waals surface area contributed by atoms with Crippen molar-refractivity contribution in [2.45, 2.75) is 32.9 Å². The summed E-state index contributed by atoms with van der Waals surface area (Å²) in [6.45, 7) is 3.03. The Balaban J connectivity index is 2.49. The highest BCUT2D eigenvalue weighted by Gasteiger charge is 2.32. The number of carbonyl (C=O) groups is 2. The molecule has 0 saturated carbocycles. The maximum absolute atomic E-state index is 13.5. The van der Waals surface area contributed by atoms with Crippen LogP contribution < -0.4 is 9.62 Å². The molecule has 174 valence electrons. The molecule has 0 aliphatic heterocycles. The van der Waals surface area contributed by atoms with Gasteiger partial charge in [-0.3, -0.25) is 13.9 Å². The van der Waals surface area contributed by atoms with Crippen molar-refractivity contribution in [1.82, 2.24) is 10.2 Å². The number of benzene rings is 2. The zero-order chi connectivity index (χ0) is 24.1. The molecule has 2 aromatic rings. The number of amides is 2. The molecule has 0 bridgehead atoms. The fourth-order valence-electron chi connectivity index (χ4n) is 3.36. The molecule has 0 spiro atoms. The van der Waals surface area contributed by atoms with Crippen molar-refractivity contribution in [2.24, 2.45) is 0 Å². The van der Waals surface area contributed by atoms with Crippen LogP contribution in [0.4, 0.5) is 5.69 Å². The second-order valence-corrected chi connectivity index (χ2v) is 10.0. The van der Waals surface area contributed by atoms with Crippen molar-refractivity contribution in [1.29, 1.82) is 0 Å². The third-order valence-electron chi connectivity index (χ3n) is 5.12. The van der Waals surface area contributed by atoms with E-state index in [1.165, 1.54) is 11.9 Å². The molecule has 1 unspecified atom stereocenters. The van der Waals surface area contributed by atoms with Gasteiger partial charge in [-0.05, 0) is 42.7 Å². The molecule has 2 rings (SSSR count). The molecule has 0 radical (unpaired) electrons. The van der Waals surface area contributed by atoms with Gasteiger partial charge in [0.15, 0.2) is 0 Å². The molecule has 0 aromatic heterocycles. The topological polar surface area (TPSA) is 86.8 Å². The van der Waals surface area contributed by atoms with Gasteiger partial charge in [0, 0.05) is 23.6 Å².